The summed E-state index contributed by atoms with van der Waals surface area (Å²) in [5.41, 5.74) is 6.86. The third-order valence-corrected chi connectivity index (χ3v) is 3.36. The van der Waals surface area contributed by atoms with Crippen LogP contribution in [0, 0.1) is 0 Å². The second-order valence-corrected chi connectivity index (χ2v) is 5.10. The van der Waals surface area contributed by atoms with Crippen LogP contribution >= 0.6 is 12.4 Å². The predicted molar refractivity (Wildman–Crippen MR) is 95.7 cm³/mol. The molecule has 2 aromatic rings. The molecule has 0 bridgehead atoms. The van der Waals surface area contributed by atoms with Crippen LogP contribution in [-0.2, 0) is 11.2 Å². The number of nitrogens with two attached hydrogens (primary N) is 1. The van der Waals surface area contributed by atoms with Crippen molar-refractivity contribution in [2.75, 3.05) is 33.0 Å². The van der Waals surface area contributed by atoms with E-state index in [9.17, 15) is 4.79 Å². The maximum Gasteiger partial charge on any atom is 0.228 e. The molecule has 0 aliphatic carbocycles. The molecule has 0 fully saturated rings. The molecule has 0 aliphatic heterocycles. The van der Waals surface area contributed by atoms with Crippen LogP contribution < -0.4 is 15.2 Å². The van der Waals surface area contributed by atoms with Crippen LogP contribution in [0.4, 0.5) is 5.69 Å². The second kappa shape index (κ2) is 9.62. The van der Waals surface area contributed by atoms with E-state index in [-0.39, 0.29) is 24.7 Å². The number of carbonyl (C=O) groups excluding carboxylic acids is 1. The van der Waals surface area contributed by atoms with Gasteiger partial charge in [0.25, 0.3) is 0 Å². The summed E-state index contributed by atoms with van der Waals surface area (Å²) < 4.78 is 10.7. The van der Waals surface area contributed by atoms with Gasteiger partial charge in [-0.2, -0.15) is 0 Å². The van der Waals surface area contributed by atoms with Crippen LogP contribution in [0.1, 0.15) is 5.69 Å². The number of halogens is 1. The monoisotopic (exact) mass is 351 g/mol. The zero-order valence-electron chi connectivity index (χ0n) is 13.8. The average molecular weight is 352 g/mol. The summed E-state index contributed by atoms with van der Waals surface area (Å²) in [6.45, 7) is 0.920. The largest absolute Gasteiger partial charge is 0.497 e. The highest BCUT2D eigenvalue weighted by molar-refractivity contribution is 5.85. The smallest absolute Gasteiger partial charge is 0.228 e. The summed E-state index contributed by atoms with van der Waals surface area (Å²) in [6, 6.07) is 10.8. The Kier molecular flexibility index (Phi) is 7.85. The number of nitrogen functional groups attached to an aromatic ring is 1. The first-order valence-electron chi connectivity index (χ1n) is 7.29. The van der Waals surface area contributed by atoms with Crippen molar-refractivity contribution in [3.05, 3.63) is 48.3 Å². The molecule has 0 unspecified atom stereocenters. The number of carbonyl (C=O) groups is 1. The fourth-order valence-corrected chi connectivity index (χ4v) is 1.93. The van der Waals surface area contributed by atoms with Crippen LogP contribution in [-0.4, -0.2) is 43.1 Å². The van der Waals surface area contributed by atoms with E-state index in [1.54, 1.807) is 37.4 Å². The number of hydrogen-bond donors (Lipinski definition) is 1. The number of anilines is 1. The first-order chi connectivity index (χ1) is 11.1. The lowest BCUT2D eigenvalue weighted by Crippen LogP contribution is -2.32. The van der Waals surface area contributed by atoms with Gasteiger partial charge in [-0.05, 0) is 36.4 Å². The Morgan fingerprint density at radius 3 is 2.42 bits per heavy atom. The lowest BCUT2D eigenvalue weighted by Gasteiger charge is -2.17. The van der Waals surface area contributed by atoms with Crippen LogP contribution in [0.3, 0.4) is 0 Å². The molecule has 2 N–H and O–H groups in total. The number of methoxy groups -OCH3 is 1. The van der Waals surface area contributed by atoms with E-state index in [4.69, 9.17) is 15.2 Å². The van der Waals surface area contributed by atoms with Crippen molar-refractivity contribution in [2.24, 2.45) is 0 Å². The van der Waals surface area contributed by atoms with E-state index in [1.807, 2.05) is 24.3 Å². The van der Waals surface area contributed by atoms with E-state index >= 15 is 0 Å². The SMILES string of the molecule is COc1ccc(OCCN(C)C(=O)Cc2ccc(N)cn2)cc1.Cl. The number of ether oxygens (including phenoxy) is 2. The topological polar surface area (TPSA) is 77.7 Å². The molecule has 1 aromatic carbocycles. The van der Waals surface area contributed by atoms with Crippen molar-refractivity contribution in [1.82, 2.24) is 9.88 Å². The van der Waals surface area contributed by atoms with Gasteiger partial charge in [0.15, 0.2) is 0 Å². The lowest BCUT2D eigenvalue weighted by atomic mass is 10.2. The van der Waals surface area contributed by atoms with E-state index in [2.05, 4.69) is 4.98 Å². The minimum Gasteiger partial charge on any atom is -0.497 e. The molecule has 1 amide bonds. The molecule has 0 radical (unpaired) electrons. The van der Waals surface area contributed by atoms with Gasteiger partial charge < -0.3 is 20.1 Å². The number of aromatic nitrogens is 1. The molecule has 24 heavy (non-hydrogen) atoms. The summed E-state index contributed by atoms with van der Waals surface area (Å²) in [6.07, 6.45) is 1.80. The molecule has 1 heterocycles. The minimum atomic E-state index is -0.0133. The molecule has 1 aromatic heterocycles. The quantitative estimate of drug-likeness (QED) is 0.827. The van der Waals surface area contributed by atoms with Gasteiger partial charge in [0.05, 0.1) is 32.0 Å². The van der Waals surface area contributed by atoms with Crippen molar-refractivity contribution >= 4 is 24.0 Å². The maximum absolute atomic E-state index is 12.1. The summed E-state index contributed by atoms with van der Waals surface area (Å²) >= 11 is 0. The van der Waals surface area contributed by atoms with Gasteiger partial charge in [0.1, 0.15) is 18.1 Å². The van der Waals surface area contributed by atoms with E-state index in [0.717, 1.165) is 11.5 Å². The number of hydrogen-bond acceptors (Lipinski definition) is 5. The zero-order chi connectivity index (χ0) is 16.7. The molecule has 6 nitrogen and oxygen atoms in total. The maximum atomic E-state index is 12.1. The standard InChI is InChI=1S/C17H21N3O3.ClH/c1-20(17(21)11-14-4-3-13(18)12-19-14)9-10-23-16-7-5-15(22-2)6-8-16;/h3-8,12H,9-11,18H2,1-2H3;1H. The molecular weight excluding hydrogens is 330 g/mol. The molecule has 0 saturated heterocycles. The van der Waals surface area contributed by atoms with Gasteiger partial charge in [-0.1, -0.05) is 0 Å². The van der Waals surface area contributed by atoms with Crippen LogP contribution in [0.5, 0.6) is 11.5 Å². The Hall–Kier alpha value is -2.47. The van der Waals surface area contributed by atoms with E-state index in [1.165, 1.54) is 0 Å². The fraction of sp³-hybridized carbons (Fsp3) is 0.294. The van der Waals surface area contributed by atoms with Crippen molar-refractivity contribution in [3.8, 4) is 11.5 Å². The lowest BCUT2D eigenvalue weighted by molar-refractivity contribution is -0.129. The molecular formula is C17H22ClN3O3. The summed E-state index contributed by atoms with van der Waals surface area (Å²) in [5.74, 6) is 1.51. The Morgan fingerprint density at radius 1 is 1.17 bits per heavy atom. The van der Waals surface area contributed by atoms with Crippen molar-refractivity contribution < 1.29 is 14.3 Å². The number of nitrogens with zero attached hydrogens (tertiary/aromatic N) is 2. The van der Waals surface area contributed by atoms with Crippen LogP contribution in [0.25, 0.3) is 0 Å². The van der Waals surface area contributed by atoms with Gasteiger partial charge in [-0.15, -0.1) is 12.4 Å². The molecule has 130 valence electrons. The Bertz CT molecular complexity index is 633. The highest BCUT2D eigenvalue weighted by Gasteiger charge is 2.10. The number of benzene rings is 1. The summed E-state index contributed by atoms with van der Waals surface area (Å²) in [5, 5.41) is 0. The van der Waals surface area contributed by atoms with Crippen LogP contribution in [0.2, 0.25) is 0 Å². The average Bonchev–Trinajstić information content (AvgIpc) is 2.57. The highest BCUT2D eigenvalue weighted by atomic mass is 35.5. The molecule has 0 aliphatic rings. The van der Waals surface area contributed by atoms with Crippen molar-refractivity contribution in [2.45, 2.75) is 6.42 Å². The van der Waals surface area contributed by atoms with Gasteiger partial charge in [0, 0.05) is 12.7 Å². The third kappa shape index (κ3) is 5.96. The fourth-order valence-electron chi connectivity index (χ4n) is 1.93. The second-order valence-electron chi connectivity index (χ2n) is 5.10. The minimum absolute atomic E-state index is 0. The molecule has 0 atom stereocenters. The zero-order valence-corrected chi connectivity index (χ0v) is 14.6. The van der Waals surface area contributed by atoms with Gasteiger partial charge in [-0.25, -0.2) is 0 Å². The Balaban J connectivity index is 0.00000288. The van der Waals surface area contributed by atoms with E-state index in [0.29, 0.717) is 24.5 Å². The molecule has 0 saturated carbocycles. The normalized spacial score (nSPS) is 9.75. The highest BCUT2D eigenvalue weighted by Crippen LogP contribution is 2.16. The van der Waals surface area contributed by atoms with Gasteiger partial charge in [0.2, 0.25) is 5.91 Å². The molecule has 7 heteroatoms. The Morgan fingerprint density at radius 2 is 1.83 bits per heavy atom. The van der Waals surface area contributed by atoms with Crippen LogP contribution in [0.15, 0.2) is 42.6 Å². The number of pyridine rings is 1. The van der Waals surface area contributed by atoms with Crippen molar-refractivity contribution in [3.63, 3.8) is 0 Å². The molecule has 0 spiro atoms. The number of likely N-dealkylation sites (N-methyl/N-ethyl adjacent to an activating group) is 1. The Labute approximate surface area is 148 Å². The first-order valence-corrected chi connectivity index (χ1v) is 7.29. The third-order valence-electron chi connectivity index (χ3n) is 3.36. The summed E-state index contributed by atoms with van der Waals surface area (Å²) in [7, 11) is 3.36. The van der Waals surface area contributed by atoms with Gasteiger partial charge >= 0.3 is 0 Å². The number of amides is 1. The summed E-state index contributed by atoms with van der Waals surface area (Å²) in [4.78, 5) is 17.9. The molecule has 2 rings (SSSR count). The predicted octanol–water partition coefficient (Wildman–Crippen LogP) is 2.17. The van der Waals surface area contributed by atoms with Gasteiger partial charge in [-0.3, -0.25) is 9.78 Å². The van der Waals surface area contributed by atoms with E-state index < -0.39 is 0 Å². The first kappa shape index (κ1) is 19.6. The number of rotatable bonds is 7. The van der Waals surface area contributed by atoms with Crippen molar-refractivity contribution in [1.29, 1.82) is 0 Å².